The van der Waals surface area contributed by atoms with Gasteiger partial charge in [-0.1, -0.05) is 19.3 Å². The largest absolute Gasteiger partial charge is 0.399 e. The summed E-state index contributed by atoms with van der Waals surface area (Å²) >= 11 is 5.06. The van der Waals surface area contributed by atoms with Crippen LogP contribution in [0.2, 0.25) is 0 Å². The smallest absolute Gasteiger partial charge is 0.241 e. The van der Waals surface area contributed by atoms with Gasteiger partial charge >= 0.3 is 0 Å². The van der Waals surface area contributed by atoms with Crippen molar-refractivity contribution >= 4 is 43.4 Å². The lowest BCUT2D eigenvalue weighted by atomic mass is 9.88. The Bertz CT molecular complexity index is 599. The van der Waals surface area contributed by atoms with Gasteiger partial charge in [0.1, 0.15) is 0 Å². The quantitative estimate of drug-likeness (QED) is 0.753. The van der Waals surface area contributed by atoms with Crippen molar-refractivity contribution in [3.05, 3.63) is 22.7 Å². The molecule has 1 aromatic rings. The molecule has 0 aliphatic heterocycles. The van der Waals surface area contributed by atoms with Gasteiger partial charge in [0.05, 0.1) is 4.90 Å². The number of rotatable bonds is 5. The fraction of sp³-hybridized carbons (Fsp3) is 0.571. The molecule has 4 nitrogen and oxygen atoms in total. The third-order valence-electron chi connectivity index (χ3n) is 4.03. The van der Waals surface area contributed by atoms with Crippen molar-refractivity contribution in [2.75, 3.05) is 18.5 Å². The Hall–Kier alpha value is -0.240. The van der Waals surface area contributed by atoms with Gasteiger partial charge in [-0.3, -0.25) is 0 Å². The fourth-order valence-corrected chi connectivity index (χ4v) is 5.81. The Labute approximate surface area is 139 Å². The molecule has 1 aliphatic rings. The standard InChI is InChI=1S/C14H21BrN2O2S2/c1-20-14(7-3-2-4-8-14)10-17-21(18,19)13-9-11(16)5-6-12(13)15/h5-6,9,17H,2-4,7-8,10,16H2,1H3. The summed E-state index contributed by atoms with van der Waals surface area (Å²) in [6, 6.07) is 4.82. The zero-order chi connectivity index (χ0) is 15.5. The summed E-state index contributed by atoms with van der Waals surface area (Å²) in [5.41, 5.74) is 6.14. The van der Waals surface area contributed by atoms with Crippen molar-refractivity contribution in [3.8, 4) is 0 Å². The molecule has 1 saturated carbocycles. The number of nitrogens with one attached hydrogen (secondary N) is 1. The fourth-order valence-electron chi connectivity index (χ4n) is 2.68. The molecule has 0 spiro atoms. The highest BCUT2D eigenvalue weighted by Gasteiger charge is 2.33. The van der Waals surface area contributed by atoms with E-state index in [0.29, 0.717) is 16.7 Å². The van der Waals surface area contributed by atoms with E-state index >= 15 is 0 Å². The van der Waals surface area contributed by atoms with Crippen molar-refractivity contribution in [2.24, 2.45) is 0 Å². The molecule has 7 heteroatoms. The highest BCUT2D eigenvalue weighted by Crippen LogP contribution is 2.38. The number of nitrogen functional groups attached to an aromatic ring is 1. The first-order chi connectivity index (χ1) is 9.88. The Balaban J connectivity index is 2.15. The second kappa shape index (κ2) is 6.89. The maximum atomic E-state index is 12.5. The molecule has 2 rings (SSSR count). The maximum Gasteiger partial charge on any atom is 0.241 e. The van der Waals surface area contributed by atoms with Gasteiger partial charge in [0.25, 0.3) is 0 Å². The number of benzene rings is 1. The van der Waals surface area contributed by atoms with E-state index in [4.69, 9.17) is 5.73 Å². The Morgan fingerprint density at radius 3 is 2.62 bits per heavy atom. The molecular formula is C14H21BrN2O2S2. The van der Waals surface area contributed by atoms with Gasteiger partial charge in [-0.15, -0.1) is 0 Å². The number of sulfonamides is 1. The van der Waals surface area contributed by atoms with E-state index in [1.54, 1.807) is 23.9 Å². The van der Waals surface area contributed by atoms with Crippen LogP contribution >= 0.6 is 27.7 Å². The van der Waals surface area contributed by atoms with Crippen molar-refractivity contribution in [1.82, 2.24) is 4.72 Å². The van der Waals surface area contributed by atoms with Gasteiger partial charge in [0, 0.05) is 21.5 Å². The Kier molecular flexibility index (Phi) is 5.62. The molecule has 0 atom stereocenters. The molecule has 3 N–H and O–H groups in total. The molecule has 0 unspecified atom stereocenters. The minimum atomic E-state index is -3.55. The first-order valence-corrected chi connectivity index (χ1v) is 10.5. The zero-order valence-corrected chi connectivity index (χ0v) is 15.3. The third-order valence-corrected chi connectivity index (χ3v) is 7.84. The Morgan fingerprint density at radius 1 is 1.33 bits per heavy atom. The molecule has 0 radical (unpaired) electrons. The molecule has 0 heterocycles. The monoisotopic (exact) mass is 392 g/mol. The SMILES string of the molecule is CSC1(CNS(=O)(=O)c2cc(N)ccc2Br)CCCCC1. The van der Waals surface area contributed by atoms with E-state index < -0.39 is 10.0 Å². The predicted molar refractivity (Wildman–Crippen MR) is 93.1 cm³/mol. The van der Waals surface area contributed by atoms with Crippen molar-refractivity contribution in [3.63, 3.8) is 0 Å². The molecule has 1 aromatic carbocycles. The summed E-state index contributed by atoms with van der Waals surface area (Å²) in [5, 5.41) is 0. The van der Waals surface area contributed by atoms with E-state index in [1.807, 2.05) is 0 Å². The molecule has 1 fully saturated rings. The highest BCUT2D eigenvalue weighted by atomic mass is 79.9. The van der Waals surface area contributed by atoms with Gasteiger partial charge in [0.2, 0.25) is 10.0 Å². The van der Waals surface area contributed by atoms with Gasteiger partial charge < -0.3 is 5.73 Å². The lowest BCUT2D eigenvalue weighted by Gasteiger charge is -2.35. The summed E-state index contributed by atoms with van der Waals surface area (Å²) in [5.74, 6) is 0. The van der Waals surface area contributed by atoms with Crippen LogP contribution in [0, 0.1) is 0 Å². The van der Waals surface area contributed by atoms with Crippen LogP contribution in [-0.2, 0) is 10.0 Å². The highest BCUT2D eigenvalue weighted by molar-refractivity contribution is 9.10. The second-order valence-electron chi connectivity index (χ2n) is 5.46. The molecule has 0 saturated heterocycles. The minimum absolute atomic E-state index is 0.0259. The predicted octanol–water partition coefficient (Wildman–Crippen LogP) is 3.38. The lowest BCUT2D eigenvalue weighted by molar-refractivity contribution is 0.395. The summed E-state index contributed by atoms with van der Waals surface area (Å²) < 4.78 is 28.3. The number of hydrogen-bond donors (Lipinski definition) is 2. The summed E-state index contributed by atoms with van der Waals surface area (Å²) in [6.45, 7) is 0.470. The van der Waals surface area contributed by atoms with Crippen molar-refractivity contribution < 1.29 is 8.42 Å². The molecule has 21 heavy (non-hydrogen) atoms. The van der Waals surface area contributed by atoms with E-state index in [-0.39, 0.29) is 9.64 Å². The van der Waals surface area contributed by atoms with Crippen LogP contribution < -0.4 is 10.5 Å². The minimum Gasteiger partial charge on any atom is -0.399 e. The number of hydrogen-bond acceptors (Lipinski definition) is 4. The first kappa shape index (κ1) is 17.1. The van der Waals surface area contributed by atoms with Crippen LogP contribution in [0.4, 0.5) is 5.69 Å². The van der Waals surface area contributed by atoms with Crippen LogP contribution in [0.25, 0.3) is 0 Å². The molecule has 1 aliphatic carbocycles. The van der Waals surface area contributed by atoms with E-state index in [0.717, 1.165) is 12.8 Å². The normalized spacial score (nSPS) is 18.6. The van der Waals surface area contributed by atoms with Gasteiger partial charge in [-0.25, -0.2) is 13.1 Å². The summed E-state index contributed by atoms with van der Waals surface area (Å²) in [6.07, 6.45) is 7.78. The molecular weight excluding hydrogens is 372 g/mol. The van der Waals surface area contributed by atoms with Crippen LogP contribution in [0.15, 0.2) is 27.6 Å². The van der Waals surface area contributed by atoms with Gasteiger partial charge in [-0.2, -0.15) is 11.8 Å². The average molecular weight is 393 g/mol. The van der Waals surface area contributed by atoms with Crippen LogP contribution in [0.5, 0.6) is 0 Å². The number of anilines is 1. The molecule has 0 bridgehead atoms. The van der Waals surface area contributed by atoms with Crippen LogP contribution in [0.3, 0.4) is 0 Å². The number of thioether (sulfide) groups is 1. The molecule has 118 valence electrons. The lowest BCUT2D eigenvalue weighted by Crippen LogP contribution is -2.41. The maximum absolute atomic E-state index is 12.5. The third kappa shape index (κ3) is 4.15. The zero-order valence-electron chi connectivity index (χ0n) is 12.1. The average Bonchev–Trinajstić information content (AvgIpc) is 2.49. The van der Waals surface area contributed by atoms with Crippen LogP contribution in [0.1, 0.15) is 32.1 Å². The van der Waals surface area contributed by atoms with Gasteiger partial charge in [-0.05, 0) is 53.2 Å². The molecule has 0 aromatic heterocycles. The summed E-state index contributed by atoms with van der Waals surface area (Å²) in [7, 11) is -3.55. The Morgan fingerprint density at radius 2 is 2.00 bits per heavy atom. The van der Waals surface area contributed by atoms with Crippen LogP contribution in [-0.4, -0.2) is 26.0 Å². The van der Waals surface area contributed by atoms with E-state index in [1.165, 1.54) is 25.3 Å². The van der Waals surface area contributed by atoms with Crippen molar-refractivity contribution in [2.45, 2.75) is 41.7 Å². The first-order valence-electron chi connectivity index (χ1n) is 6.98. The number of nitrogens with two attached hydrogens (primary N) is 1. The van der Waals surface area contributed by atoms with E-state index in [9.17, 15) is 8.42 Å². The summed E-state index contributed by atoms with van der Waals surface area (Å²) in [4.78, 5) is 0.203. The topological polar surface area (TPSA) is 72.2 Å². The number of halogens is 1. The van der Waals surface area contributed by atoms with E-state index in [2.05, 4.69) is 26.9 Å². The second-order valence-corrected chi connectivity index (χ2v) is 9.33. The van der Waals surface area contributed by atoms with Crippen molar-refractivity contribution in [1.29, 1.82) is 0 Å². The molecule has 0 amide bonds. The van der Waals surface area contributed by atoms with Gasteiger partial charge in [0.15, 0.2) is 0 Å².